The predicted octanol–water partition coefficient (Wildman–Crippen LogP) is 1.63. The average Bonchev–Trinajstić information content (AvgIpc) is 2.74. The van der Waals surface area contributed by atoms with Gasteiger partial charge in [-0.2, -0.15) is 9.37 Å². The van der Waals surface area contributed by atoms with Gasteiger partial charge in [0.1, 0.15) is 0 Å². The molecule has 84 valence electrons. The van der Waals surface area contributed by atoms with Gasteiger partial charge in [0.25, 0.3) is 5.56 Å². The van der Waals surface area contributed by atoms with Crippen molar-refractivity contribution < 1.29 is 4.39 Å². The lowest BCUT2D eigenvalue weighted by molar-refractivity contribution is 0.603. The van der Waals surface area contributed by atoms with Crippen molar-refractivity contribution in [1.29, 1.82) is 0 Å². The Bertz CT molecular complexity index is 541. The van der Waals surface area contributed by atoms with Crippen molar-refractivity contribution in [2.24, 2.45) is 0 Å². The summed E-state index contributed by atoms with van der Waals surface area (Å²) in [6.45, 7) is 0.285. The van der Waals surface area contributed by atoms with Crippen LogP contribution in [0.2, 0.25) is 5.28 Å². The third-order valence-corrected chi connectivity index (χ3v) is 2.57. The van der Waals surface area contributed by atoms with Gasteiger partial charge in [0.15, 0.2) is 5.82 Å². The maximum absolute atomic E-state index is 13.3. The van der Waals surface area contributed by atoms with Crippen LogP contribution in [0, 0.1) is 5.82 Å². The van der Waals surface area contributed by atoms with Crippen LogP contribution in [0.5, 0.6) is 0 Å². The summed E-state index contributed by atoms with van der Waals surface area (Å²) in [6.07, 6.45) is 0. The number of H-pyrrole nitrogens is 1. The monoisotopic (exact) mass is 260 g/mol. The van der Waals surface area contributed by atoms with Crippen LogP contribution in [0.3, 0.4) is 0 Å². The molecule has 0 aliphatic heterocycles. The molecular formula is C8H6ClFN4OS. The molecule has 0 aliphatic rings. The van der Waals surface area contributed by atoms with E-state index in [1.54, 1.807) is 10.9 Å². The topological polar surface area (TPSA) is 70.7 Å². The molecule has 2 aromatic rings. The summed E-state index contributed by atoms with van der Waals surface area (Å²) >= 11 is 6.92. The Kier molecular flexibility index (Phi) is 3.16. The van der Waals surface area contributed by atoms with Crippen molar-refractivity contribution in [3.05, 3.63) is 38.0 Å². The van der Waals surface area contributed by atoms with Gasteiger partial charge in [0, 0.05) is 5.38 Å². The summed E-state index contributed by atoms with van der Waals surface area (Å²) in [4.78, 5) is 20.7. The van der Waals surface area contributed by atoms with Crippen molar-refractivity contribution >= 4 is 28.8 Å². The molecule has 0 amide bonds. The van der Waals surface area contributed by atoms with Crippen LogP contribution in [0.4, 0.5) is 10.2 Å². The van der Waals surface area contributed by atoms with Crippen molar-refractivity contribution in [1.82, 2.24) is 15.0 Å². The number of aromatic nitrogens is 3. The summed E-state index contributed by atoms with van der Waals surface area (Å²) < 4.78 is 13.3. The van der Waals surface area contributed by atoms with E-state index >= 15 is 0 Å². The second-order valence-electron chi connectivity index (χ2n) is 2.85. The quantitative estimate of drug-likeness (QED) is 0.823. The van der Waals surface area contributed by atoms with Crippen LogP contribution in [-0.2, 0) is 6.54 Å². The number of rotatable bonds is 3. The molecule has 0 saturated heterocycles. The Morgan fingerprint density at radius 1 is 1.62 bits per heavy atom. The van der Waals surface area contributed by atoms with Gasteiger partial charge in [-0.15, -0.1) is 11.3 Å². The highest BCUT2D eigenvalue weighted by Crippen LogP contribution is 2.10. The van der Waals surface area contributed by atoms with E-state index in [0.29, 0.717) is 0 Å². The molecule has 2 N–H and O–H groups in total. The smallest absolute Gasteiger partial charge is 0.290 e. The number of halogens is 2. The Labute approximate surface area is 98.3 Å². The average molecular weight is 261 g/mol. The maximum atomic E-state index is 13.3. The summed E-state index contributed by atoms with van der Waals surface area (Å²) in [5.41, 5.74) is 1.49. The number of nitrogens with one attached hydrogen (secondary N) is 2. The molecule has 0 unspecified atom stereocenters. The van der Waals surface area contributed by atoms with Gasteiger partial charge in [-0.25, -0.2) is 4.98 Å². The van der Waals surface area contributed by atoms with Crippen LogP contribution < -0.4 is 10.9 Å². The van der Waals surface area contributed by atoms with E-state index < -0.39 is 11.4 Å². The zero-order valence-electron chi connectivity index (χ0n) is 7.83. The summed E-state index contributed by atoms with van der Waals surface area (Å²) in [5.74, 6) is -1.17. The maximum Gasteiger partial charge on any atom is 0.290 e. The zero-order chi connectivity index (χ0) is 11.5. The van der Waals surface area contributed by atoms with Gasteiger partial charge >= 0.3 is 0 Å². The molecular weight excluding hydrogens is 255 g/mol. The lowest BCUT2D eigenvalue weighted by Crippen LogP contribution is -2.16. The third-order valence-electron chi connectivity index (χ3n) is 1.75. The Morgan fingerprint density at radius 2 is 2.44 bits per heavy atom. The van der Waals surface area contributed by atoms with E-state index in [0.717, 1.165) is 5.69 Å². The van der Waals surface area contributed by atoms with Crippen LogP contribution in [0.25, 0.3) is 0 Å². The minimum atomic E-state index is -0.986. The summed E-state index contributed by atoms with van der Waals surface area (Å²) in [5, 5.41) is 4.30. The molecule has 0 saturated carbocycles. The fourth-order valence-corrected chi connectivity index (χ4v) is 1.78. The molecule has 2 heterocycles. The minimum Gasteiger partial charge on any atom is -0.362 e. The molecule has 0 radical (unpaired) electrons. The van der Waals surface area contributed by atoms with Gasteiger partial charge in [-0.1, -0.05) is 0 Å². The molecule has 8 heteroatoms. The van der Waals surface area contributed by atoms with E-state index in [1.165, 1.54) is 11.3 Å². The fourth-order valence-electron chi connectivity index (χ4n) is 1.05. The first-order valence-corrected chi connectivity index (χ1v) is 5.55. The first kappa shape index (κ1) is 11.0. The van der Waals surface area contributed by atoms with E-state index in [2.05, 4.69) is 15.3 Å². The lowest BCUT2D eigenvalue weighted by Gasteiger charge is -2.04. The number of aromatic amines is 1. The molecule has 2 rings (SSSR count). The van der Waals surface area contributed by atoms with Crippen molar-refractivity contribution in [2.75, 3.05) is 5.32 Å². The van der Waals surface area contributed by atoms with Gasteiger partial charge in [-0.3, -0.25) is 9.78 Å². The first-order chi connectivity index (χ1) is 7.66. The molecule has 0 bridgehead atoms. The molecule has 0 spiro atoms. The van der Waals surface area contributed by atoms with Crippen LogP contribution in [0.1, 0.15) is 5.69 Å². The van der Waals surface area contributed by atoms with Crippen molar-refractivity contribution in [2.45, 2.75) is 6.54 Å². The van der Waals surface area contributed by atoms with Crippen molar-refractivity contribution in [3.8, 4) is 0 Å². The Balaban J connectivity index is 2.18. The van der Waals surface area contributed by atoms with Gasteiger partial charge in [0.2, 0.25) is 11.1 Å². The second kappa shape index (κ2) is 4.58. The molecule has 5 nitrogen and oxygen atoms in total. The number of thiazole rings is 1. The SMILES string of the molecule is O=c1[nH]c(Cl)nc(NCc2cscn2)c1F. The van der Waals surface area contributed by atoms with E-state index in [9.17, 15) is 9.18 Å². The van der Waals surface area contributed by atoms with Crippen LogP contribution in [0.15, 0.2) is 15.7 Å². The van der Waals surface area contributed by atoms with E-state index in [4.69, 9.17) is 11.6 Å². The standard InChI is InChI=1S/C8H6ClFN4OS/c9-8-13-6(5(10)7(15)14-8)11-1-4-2-16-3-12-4/h2-3H,1H2,(H2,11,13,14,15). The third kappa shape index (κ3) is 2.37. The van der Waals surface area contributed by atoms with Gasteiger partial charge in [0.05, 0.1) is 17.7 Å². The molecule has 2 aromatic heterocycles. The highest BCUT2D eigenvalue weighted by atomic mass is 35.5. The molecule has 0 fully saturated rings. The second-order valence-corrected chi connectivity index (χ2v) is 3.93. The molecule has 0 atom stereocenters. The largest absolute Gasteiger partial charge is 0.362 e. The lowest BCUT2D eigenvalue weighted by atomic mass is 10.4. The fraction of sp³-hybridized carbons (Fsp3) is 0.125. The Hall–Kier alpha value is -1.47. The van der Waals surface area contributed by atoms with Crippen LogP contribution >= 0.6 is 22.9 Å². The Morgan fingerprint density at radius 3 is 3.12 bits per heavy atom. The summed E-state index contributed by atoms with van der Waals surface area (Å²) in [6, 6.07) is 0. The number of nitrogens with zero attached hydrogens (tertiary/aromatic N) is 2. The number of hydrogen-bond donors (Lipinski definition) is 2. The molecule has 16 heavy (non-hydrogen) atoms. The van der Waals surface area contributed by atoms with Gasteiger partial charge in [-0.05, 0) is 11.6 Å². The summed E-state index contributed by atoms with van der Waals surface area (Å²) in [7, 11) is 0. The molecule has 0 aliphatic carbocycles. The molecule has 0 aromatic carbocycles. The van der Waals surface area contributed by atoms with E-state index in [1.807, 2.05) is 4.98 Å². The minimum absolute atomic E-state index is 0.160. The normalized spacial score (nSPS) is 10.4. The highest BCUT2D eigenvalue weighted by molar-refractivity contribution is 7.07. The van der Waals surface area contributed by atoms with E-state index in [-0.39, 0.29) is 17.6 Å². The van der Waals surface area contributed by atoms with Crippen molar-refractivity contribution in [3.63, 3.8) is 0 Å². The van der Waals surface area contributed by atoms with Crippen LogP contribution in [-0.4, -0.2) is 15.0 Å². The first-order valence-electron chi connectivity index (χ1n) is 4.23. The van der Waals surface area contributed by atoms with Gasteiger partial charge < -0.3 is 5.32 Å². The number of anilines is 1. The predicted molar refractivity (Wildman–Crippen MR) is 59.3 cm³/mol. The number of hydrogen-bond acceptors (Lipinski definition) is 5. The zero-order valence-corrected chi connectivity index (χ0v) is 9.40. The highest BCUT2D eigenvalue weighted by Gasteiger charge is 2.09.